The van der Waals surface area contributed by atoms with Crippen molar-refractivity contribution in [3.05, 3.63) is 24.3 Å². The summed E-state index contributed by atoms with van der Waals surface area (Å²) in [6.07, 6.45) is 0.883. The van der Waals surface area contributed by atoms with Crippen LogP contribution in [0, 0.1) is 5.41 Å². The molecule has 114 valence electrons. The molecule has 0 radical (unpaired) electrons. The molecular weight excluding hydrogens is 270 g/mol. The molecule has 6 nitrogen and oxygen atoms in total. The molecule has 21 heavy (non-hydrogen) atoms. The number of hydrogen-bond donors (Lipinski definition) is 2. The maximum Gasteiger partial charge on any atom is 0.226 e. The summed E-state index contributed by atoms with van der Waals surface area (Å²) >= 11 is 0. The Kier molecular flexibility index (Phi) is 4.35. The van der Waals surface area contributed by atoms with Gasteiger partial charge < -0.3 is 21.1 Å². The molecule has 0 aliphatic carbocycles. The molecule has 1 aromatic rings. The van der Waals surface area contributed by atoms with Gasteiger partial charge in [-0.05, 0) is 25.5 Å². The van der Waals surface area contributed by atoms with Gasteiger partial charge in [-0.25, -0.2) is 0 Å². The molecular formula is C15H21N3O3. The van der Waals surface area contributed by atoms with E-state index < -0.39 is 5.41 Å². The SMILES string of the molecule is CC1(C(N)=O)CCN(C(=O)CCOc2cccc(N)c2)C1. The lowest BCUT2D eigenvalue weighted by Gasteiger charge is -2.21. The van der Waals surface area contributed by atoms with Crippen LogP contribution in [0.4, 0.5) is 5.69 Å². The fourth-order valence-corrected chi connectivity index (χ4v) is 2.39. The molecule has 1 aromatic carbocycles. The number of carbonyl (C=O) groups excluding carboxylic acids is 2. The fourth-order valence-electron chi connectivity index (χ4n) is 2.39. The minimum Gasteiger partial charge on any atom is -0.493 e. The van der Waals surface area contributed by atoms with Crippen LogP contribution in [0.25, 0.3) is 0 Å². The van der Waals surface area contributed by atoms with Gasteiger partial charge in [0, 0.05) is 24.8 Å². The Hall–Kier alpha value is -2.24. The smallest absolute Gasteiger partial charge is 0.226 e. The molecule has 1 saturated heterocycles. The van der Waals surface area contributed by atoms with Crippen LogP contribution in [-0.4, -0.2) is 36.4 Å². The van der Waals surface area contributed by atoms with Gasteiger partial charge in [-0.3, -0.25) is 9.59 Å². The Balaban J connectivity index is 1.79. The van der Waals surface area contributed by atoms with Crippen molar-refractivity contribution >= 4 is 17.5 Å². The zero-order chi connectivity index (χ0) is 15.5. The summed E-state index contributed by atoms with van der Waals surface area (Å²) in [4.78, 5) is 25.1. The first kappa shape index (κ1) is 15.2. The zero-order valence-corrected chi connectivity index (χ0v) is 12.2. The Morgan fingerprint density at radius 3 is 2.81 bits per heavy atom. The highest BCUT2D eigenvalue weighted by atomic mass is 16.5. The molecule has 0 saturated carbocycles. The Labute approximate surface area is 124 Å². The number of nitrogen functional groups attached to an aromatic ring is 1. The van der Waals surface area contributed by atoms with Gasteiger partial charge in [0.25, 0.3) is 0 Å². The summed E-state index contributed by atoms with van der Waals surface area (Å²) in [6, 6.07) is 7.07. The van der Waals surface area contributed by atoms with E-state index in [-0.39, 0.29) is 24.8 Å². The summed E-state index contributed by atoms with van der Waals surface area (Å²) in [6.45, 7) is 3.04. The van der Waals surface area contributed by atoms with Crippen LogP contribution in [-0.2, 0) is 9.59 Å². The van der Waals surface area contributed by atoms with Crippen LogP contribution in [0.5, 0.6) is 5.75 Å². The number of anilines is 1. The molecule has 4 N–H and O–H groups in total. The minimum absolute atomic E-state index is 0.0242. The summed E-state index contributed by atoms with van der Waals surface area (Å²) in [5.41, 5.74) is 11.0. The average Bonchev–Trinajstić information content (AvgIpc) is 2.83. The maximum atomic E-state index is 12.1. The third kappa shape index (κ3) is 3.65. The number of hydrogen-bond acceptors (Lipinski definition) is 4. The van der Waals surface area contributed by atoms with Gasteiger partial charge in [-0.15, -0.1) is 0 Å². The summed E-state index contributed by atoms with van der Waals surface area (Å²) < 4.78 is 5.50. The van der Waals surface area contributed by atoms with Crippen molar-refractivity contribution in [2.75, 3.05) is 25.4 Å². The molecule has 0 aromatic heterocycles. The van der Waals surface area contributed by atoms with E-state index in [9.17, 15) is 9.59 Å². The van der Waals surface area contributed by atoms with E-state index >= 15 is 0 Å². The molecule has 2 amide bonds. The molecule has 1 fully saturated rings. The zero-order valence-electron chi connectivity index (χ0n) is 12.2. The standard InChI is InChI=1S/C15H21N3O3/c1-15(14(17)20)6-7-18(10-15)13(19)5-8-21-12-4-2-3-11(16)9-12/h2-4,9H,5-8,10,16H2,1H3,(H2,17,20). The number of primary amides is 1. The van der Waals surface area contributed by atoms with E-state index in [1.165, 1.54) is 0 Å². The van der Waals surface area contributed by atoms with Gasteiger partial charge in [-0.1, -0.05) is 6.07 Å². The normalized spacial score (nSPS) is 21.3. The first-order valence-electron chi connectivity index (χ1n) is 6.97. The van der Waals surface area contributed by atoms with Gasteiger partial charge in [0.15, 0.2) is 0 Å². The monoisotopic (exact) mass is 291 g/mol. The number of likely N-dealkylation sites (tertiary alicyclic amines) is 1. The lowest BCUT2D eigenvalue weighted by atomic mass is 9.89. The maximum absolute atomic E-state index is 12.1. The van der Waals surface area contributed by atoms with Gasteiger partial charge >= 0.3 is 0 Å². The van der Waals surface area contributed by atoms with E-state index in [0.717, 1.165) is 0 Å². The molecule has 6 heteroatoms. The molecule has 1 unspecified atom stereocenters. The highest BCUT2D eigenvalue weighted by molar-refractivity contribution is 5.83. The molecule has 0 bridgehead atoms. The molecule has 2 rings (SSSR count). The van der Waals surface area contributed by atoms with Crippen LogP contribution in [0.1, 0.15) is 19.8 Å². The van der Waals surface area contributed by atoms with Crippen molar-refractivity contribution in [2.45, 2.75) is 19.8 Å². The molecule has 1 aliphatic heterocycles. The quantitative estimate of drug-likeness (QED) is 0.782. The third-order valence-corrected chi connectivity index (χ3v) is 3.86. The van der Waals surface area contributed by atoms with Crippen LogP contribution >= 0.6 is 0 Å². The summed E-state index contributed by atoms with van der Waals surface area (Å²) in [5, 5.41) is 0. The largest absolute Gasteiger partial charge is 0.493 e. The fraction of sp³-hybridized carbons (Fsp3) is 0.467. The number of amides is 2. The Morgan fingerprint density at radius 2 is 2.19 bits per heavy atom. The molecule has 1 heterocycles. The highest BCUT2D eigenvalue weighted by Gasteiger charge is 2.40. The number of rotatable bonds is 5. The highest BCUT2D eigenvalue weighted by Crippen LogP contribution is 2.29. The van der Waals surface area contributed by atoms with Gasteiger partial charge in [0.05, 0.1) is 18.4 Å². The van der Waals surface area contributed by atoms with Crippen molar-refractivity contribution in [1.82, 2.24) is 4.90 Å². The second kappa shape index (κ2) is 6.03. The van der Waals surface area contributed by atoms with Crippen molar-refractivity contribution in [3.8, 4) is 5.75 Å². The number of nitrogens with zero attached hydrogens (tertiary/aromatic N) is 1. The topological polar surface area (TPSA) is 98.7 Å². The van der Waals surface area contributed by atoms with Gasteiger partial charge in [0.1, 0.15) is 5.75 Å². The van der Waals surface area contributed by atoms with E-state index in [1.807, 2.05) is 0 Å². The molecule has 1 atom stereocenters. The lowest BCUT2D eigenvalue weighted by molar-refractivity contribution is -0.132. The number of benzene rings is 1. The first-order chi connectivity index (χ1) is 9.90. The van der Waals surface area contributed by atoms with E-state index in [1.54, 1.807) is 36.1 Å². The number of carbonyl (C=O) groups is 2. The predicted molar refractivity (Wildman–Crippen MR) is 79.5 cm³/mol. The second-order valence-corrected chi connectivity index (χ2v) is 5.66. The van der Waals surface area contributed by atoms with E-state index in [0.29, 0.717) is 30.9 Å². The third-order valence-electron chi connectivity index (χ3n) is 3.86. The Morgan fingerprint density at radius 1 is 1.43 bits per heavy atom. The number of nitrogens with two attached hydrogens (primary N) is 2. The van der Waals surface area contributed by atoms with Gasteiger partial charge in [0.2, 0.25) is 11.8 Å². The van der Waals surface area contributed by atoms with Gasteiger partial charge in [-0.2, -0.15) is 0 Å². The van der Waals surface area contributed by atoms with E-state index in [4.69, 9.17) is 16.2 Å². The predicted octanol–water partition coefficient (Wildman–Crippen LogP) is 0.762. The average molecular weight is 291 g/mol. The lowest BCUT2D eigenvalue weighted by Crippen LogP contribution is -2.38. The first-order valence-corrected chi connectivity index (χ1v) is 6.97. The van der Waals surface area contributed by atoms with Crippen LogP contribution < -0.4 is 16.2 Å². The van der Waals surface area contributed by atoms with Crippen LogP contribution in [0.2, 0.25) is 0 Å². The molecule has 1 aliphatic rings. The van der Waals surface area contributed by atoms with E-state index in [2.05, 4.69) is 0 Å². The van der Waals surface area contributed by atoms with Crippen molar-refractivity contribution in [1.29, 1.82) is 0 Å². The minimum atomic E-state index is -0.607. The van der Waals surface area contributed by atoms with Crippen molar-refractivity contribution in [2.24, 2.45) is 11.1 Å². The summed E-state index contributed by atoms with van der Waals surface area (Å²) in [5.74, 6) is 0.267. The van der Waals surface area contributed by atoms with Crippen LogP contribution in [0.3, 0.4) is 0 Å². The Bertz CT molecular complexity index is 547. The molecule has 0 spiro atoms. The van der Waals surface area contributed by atoms with Crippen molar-refractivity contribution in [3.63, 3.8) is 0 Å². The summed E-state index contributed by atoms with van der Waals surface area (Å²) in [7, 11) is 0. The van der Waals surface area contributed by atoms with Crippen molar-refractivity contribution < 1.29 is 14.3 Å². The second-order valence-electron chi connectivity index (χ2n) is 5.66. The van der Waals surface area contributed by atoms with Crippen LogP contribution in [0.15, 0.2) is 24.3 Å². The number of ether oxygens (including phenoxy) is 1.